The van der Waals surface area contributed by atoms with Gasteiger partial charge >= 0.3 is 41.0 Å². The maximum atomic E-state index is 2.31. The van der Waals surface area contributed by atoms with E-state index in [0.29, 0.717) is 0 Å². The van der Waals surface area contributed by atoms with Gasteiger partial charge in [0.15, 0.2) is 0 Å². The summed E-state index contributed by atoms with van der Waals surface area (Å²) < 4.78 is 0. The molecule has 0 aliphatic heterocycles. The van der Waals surface area contributed by atoms with Crippen LogP contribution in [0.25, 0.3) is 0 Å². The maximum absolute atomic E-state index is 2.31. The molecule has 0 heterocycles. The van der Waals surface area contributed by atoms with Crippen LogP contribution in [0.15, 0.2) is 0 Å². The molecule has 1 heteroatoms. The minimum atomic E-state index is -0.118. The molecule has 0 fully saturated rings. The van der Waals surface area contributed by atoms with Crippen LogP contribution in [-0.4, -0.2) is 0 Å². The molecule has 0 saturated heterocycles. The second-order valence-corrected chi connectivity index (χ2v) is 9.95. The first-order valence-corrected chi connectivity index (χ1v) is 8.76. The standard InChI is InChI=1S/2C2H5.Zn.H/c2*1-2;;/h2*1H2,2H3;;. The van der Waals surface area contributed by atoms with Crippen molar-refractivity contribution >= 4 is 0 Å². The monoisotopic (exact) mass is 123 g/mol. The topological polar surface area (TPSA) is 0 Å². The molecule has 0 aliphatic rings. The molecule has 0 saturated carbocycles. The van der Waals surface area contributed by atoms with Gasteiger partial charge in [-0.2, -0.15) is 0 Å². The van der Waals surface area contributed by atoms with E-state index in [1.165, 1.54) is 0 Å². The van der Waals surface area contributed by atoms with Crippen molar-refractivity contribution in [2.24, 2.45) is 0 Å². The van der Waals surface area contributed by atoms with Gasteiger partial charge in [-0.15, -0.1) is 0 Å². The summed E-state index contributed by atoms with van der Waals surface area (Å²) in [5.41, 5.74) is 0. The number of hydrogen-bond donors (Lipinski definition) is 0. The van der Waals surface area contributed by atoms with Gasteiger partial charge in [-0.3, -0.25) is 0 Å². The number of rotatable bonds is 2. The Morgan fingerprint density at radius 2 is 1.60 bits per heavy atom. The van der Waals surface area contributed by atoms with Gasteiger partial charge in [0.1, 0.15) is 0 Å². The Hall–Kier alpha value is 0.623. The number of hydrogen-bond acceptors (Lipinski definition) is 0. The summed E-state index contributed by atoms with van der Waals surface area (Å²) in [7, 11) is 0. The van der Waals surface area contributed by atoms with Crippen molar-refractivity contribution in [3.8, 4) is 0 Å². The van der Waals surface area contributed by atoms with Crippen LogP contribution in [-0.2, 0) is 17.1 Å². The van der Waals surface area contributed by atoms with E-state index in [-0.39, 0.29) is 17.1 Å². The fraction of sp³-hybridized carbons (Fsp3) is 1.00. The van der Waals surface area contributed by atoms with Crippen LogP contribution < -0.4 is 0 Å². The summed E-state index contributed by atoms with van der Waals surface area (Å²) in [5, 5.41) is 3.12. The summed E-state index contributed by atoms with van der Waals surface area (Å²) in [4.78, 5) is 0. The van der Waals surface area contributed by atoms with Crippen LogP contribution in [0.4, 0.5) is 0 Å². The van der Waals surface area contributed by atoms with Gasteiger partial charge < -0.3 is 0 Å². The molecule has 29 valence electrons. The second kappa shape index (κ2) is 4.62. The molecular weight excluding hydrogens is 113 g/mol. The molecule has 0 amide bonds. The first-order chi connectivity index (χ1) is 2.41. The molecule has 0 nitrogen and oxygen atoms in total. The zero-order valence-electron chi connectivity index (χ0n) is 4.41. The van der Waals surface area contributed by atoms with Crippen molar-refractivity contribution in [1.82, 2.24) is 0 Å². The summed E-state index contributed by atoms with van der Waals surface area (Å²) >= 11 is -0.118. The molecule has 0 spiro atoms. The Morgan fingerprint density at radius 3 is 1.60 bits per heavy atom. The van der Waals surface area contributed by atoms with Crippen LogP contribution in [0.5, 0.6) is 0 Å². The van der Waals surface area contributed by atoms with Gasteiger partial charge in [-0.1, -0.05) is 0 Å². The molecule has 0 radical (unpaired) electrons. The molecule has 0 aromatic rings. The van der Waals surface area contributed by atoms with Gasteiger partial charge in [0.05, 0.1) is 0 Å². The first-order valence-electron chi connectivity index (χ1n) is 2.83. The molecule has 0 atom stereocenters. The third-order valence-electron chi connectivity index (χ3n) is 1.000. The second-order valence-electron chi connectivity index (χ2n) is 1.91. The van der Waals surface area contributed by atoms with Crippen LogP contribution >= 0.6 is 0 Å². The average molecular weight is 125 g/mol. The summed E-state index contributed by atoms with van der Waals surface area (Å²) in [6, 6.07) is 0. The SMILES string of the molecule is C[CH2][ZnH][CH2]C. The Morgan fingerprint density at radius 1 is 1.20 bits per heavy atom. The van der Waals surface area contributed by atoms with E-state index in [2.05, 4.69) is 13.8 Å². The van der Waals surface area contributed by atoms with Crippen molar-refractivity contribution in [3.05, 3.63) is 0 Å². The Bertz CT molecular complexity index is 11.1. The van der Waals surface area contributed by atoms with E-state index in [9.17, 15) is 0 Å². The minimum absolute atomic E-state index is 0.118. The van der Waals surface area contributed by atoms with E-state index in [0.717, 1.165) is 0 Å². The van der Waals surface area contributed by atoms with Crippen molar-refractivity contribution < 1.29 is 17.1 Å². The zero-order valence-corrected chi connectivity index (χ0v) is 8.61. The van der Waals surface area contributed by atoms with Crippen LogP contribution in [0.3, 0.4) is 0 Å². The van der Waals surface area contributed by atoms with Gasteiger partial charge in [0.2, 0.25) is 0 Å². The molecule has 0 rings (SSSR count). The fourth-order valence-electron chi connectivity index (χ4n) is 0.500. The molecule has 0 bridgehead atoms. The zero-order chi connectivity index (χ0) is 4.12. The summed E-state index contributed by atoms with van der Waals surface area (Å²) in [6.45, 7) is 4.62. The van der Waals surface area contributed by atoms with Gasteiger partial charge in [-0.05, 0) is 0 Å². The molecule has 0 aromatic heterocycles. The summed E-state index contributed by atoms with van der Waals surface area (Å²) in [5.74, 6) is 0. The Kier molecular flexibility index (Phi) is 5.20. The van der Waals surface area contributed by atoms with Crippen molar-refractivity contribution in [1.29, 1.82) is 0 Å². The fourth-order valence-corrected chi connectivity index (χ4v) is 2.60. The third-order valence-corrected chi connectivity index (χ3v) is 5.20. The Labute approximate surface area is 41.6 Å². The molecule has 5 heavy (non-hydrogen) atoms. The molecule has 0 N–H and O–H groups in total. The molecule has 0 unspecified atom stereocenters. The van der Waals surface area contributed by atoms with Crippen molar-refractivity contribution in [2.45, 2.75) is 23.9 Å². The van der Waals surface area contributed by atoms with E-state index >= 15 is 0 Å². The molecule has 0 aliphatic carbocycles. The molecular formula is C4H11Zn. The molecule has 0 aromatic carbocycles. The van der Waals surface area contributed by atoms with Crippen molar-refractivity contribution in [3.63, 3.8) is 0 Å². The van der Waals surface area contributed by atoms with E-state index in [1.54, 1.807) is 10.0 Å². The third kappa shape index (κ3) is 4.62. The van der Waals surface area contributed by atoms with Crippen LogP contribution in [0.1, 0.15) is 13.8 Å². The van der Waals surface area contributed by atoms with E-state index < -0.39 is 0 Å². The predicted octanol–water partition coefficient (Wildman–Crippen LogP) is 1.68. The predicted molar refractivity (Wildman–Crippen MR) is 22.4 cm³/mol. The van der Waals surface area contributed by atoms with Crippen molar-refractivity contribution in [2.75, 3.05) is 0 Å². The summed E-state index contributed by atoms with van der Waals surface area (Å²) in [6.07, 6.45) is 0. The van der Waals surface area contributed by atoms with E-state index in [4.69, 9.17) is 0 Å². The average Bonchev–Trinajstić information content (AvgIpc) is 1.41. The van der Waals surface area contributed by atoms with Crippen LogP contribution in [0.2, 0.25) is 10.0 Å². The van der Waals surface area contributed by atoms with Crippen LogP contribution in [0, 0.1) is 0 Å². The van der Waals surface area contributed by atoms with E-state index in [1.807, 2.05) is 0 Å². The normalized spacial score (nSPS) is 7.60. The van der Waals surface area contributed by atoms with Gasteiger partial charge in [0, 0.05) is 0 Å². The first kappa shape index (κ1) is 5.62. The Balaban J connectivity index is 2.19. The van der Waals surface area contributed by atoms with Gasteiger partial charge in [-0.25, -0.2) is 0 Å². The quantitative estimate of drug-likeness (QED) is 0.492. The van der Waals surface area contributed by atoms with Gasteiger partial charge in [0.25, 0.3) is 0 Å².